The fraction of sp³-hybridized carbons (Fsp3) is 0.259. The zero-order valence-electron chi connectivity index (χ0n) is 20.4. The first kappa shape index (κ1) is 24.3. The van der Waals surface area contributed by atoms with Crippen LogP contribution in [0.1, 0.15) is 15.9 Å². The Bertz CT molecular complexity index is 1360. The van der Waals surface area contributed by atoms with Crippen molar-refractivity contribution in [2.24, 2.45) is 0 Å². The summed E-state index contributed by atoms with van der Waals surface area (Å²) in [6, 6.07) is 10.9. The third-order valence-electron chi connectivity index (χ3n) is 6.73. The summed E-state index contributed by atoms with van der Waals surface area (Å²) in [6.45, 7) is 9.28. The second-order valence-corrected chi connectivity index (χ2v) is 8.93. The number of carbonyl (C=O) groups excluding carboxylic acids is 4. The molecule has 2 aromatic rings. The Kier molecular flexibility index (Phi) is 6.26. The summed E-state index contributed by atoms with van der Waals surface area (Å²) >= 11 is 0. The minimum absolute atomic E-state index is 0.0413. The van der Waals surface area contributed by atoms with E-state index in [4.69, 9.17) is 9.47 Å². The predicted molar refractivity (Wildman–Crippen MR) is 134 cm³/mol. The van der Waals surface area contributed by atoms with E-state index in [1.54, 1.807) is 35.0 Å². The van der Waals surface area contributed by atoms with Crippen molar-refractivity contribution >= 4 is 29.3 Å². The highest BCUT2D eigenvalue weighted by Crippen LogP contribution is 2.39. The van der Waals surface area contributed by atoms with Gasteiger partial charge in [-0.3, -0.25) is 24.1 Å². The van der Waals surface area contributed by atoms with Crippen molar-refractivity contribution in [3.63, 3.8) is 0 Å². The van der Waals surface area contributed by atoms with Gasteiger partial charge >= 0.3 is 0 Å². The summed E-state index contributed by atoms with van der Waals surface area (Å²) in [5.74, 6) is -0.991. The smallest absolute Gasteiger partial charge is 0.271 e. The first-order valence-corrected chi connectivity index (χ1v) is 11.8. The molecule has 0 aliphatic carbocycles. The van der Waals surface area contributed by atoms with Gasteiger partial charge in [-0.1, -0.05) is 31.4 Å². The highest BCUT2D eigenvalue weighted by atomic mass is 16.5. The zero-order chi connectivity index (χ0) is 26.3. The second kappa shape index (κ2) is 9.55. The number of hydrogen-bond acceptors (Lipinski definition) is 6. The van der Waals surface area contributed by atoms with Gasteiger partial charge in [0.2, 0.25) is 0 Å². The first-order valence-electron chi connectivity index (χ1n) is 11.8. The van der Waals surface area contributed by atoms with Crippen LogP contribution in [0.5, 0.6) is 5.75 Å². The lowest BCUT2D eigenvalue weighted by Crippen LogP contribution is -2.45. The van der Waals surface area contributed by atoms with Gasteiger partial charge in [0.05, 0.1) is 31.1 Å². The summed E-state index contributed by atoms with van der Waals surface area (Å²) in [5, 5.41) is 2.48. The Balaban J connectivity index is 1.33. The van der Waals surface area contributed by atoms with Crippen LogP contribution in [0.15, 0.2) is 61.0 Å². The number of benzene rings is 2. The van der Waals surface area contributed by atoms with E-state index >= 15 is 0 Å². The molecule has 0 spiro atoms. The molecule has 3 aliphatic rings. The Morgan fingerprint density at radius 3 is 2.51 bits per heavy atom. The van der Waals surface area contributed by atoms with Crippen molar-refractivity contribution in [2.75, 3.05) is 44.9 Å². The zero-order valence-corrected chi connectivity index (χ0v) is 20.4. The molecule has 10 heteroatoms. The highest BCUT2D eigenvalue weighted by Gasteiger charge is 2.34. The molecule has 37 heavy (non-hydrogen) atoms. The number of nitrogens with one attached hydrogen (secondary N) is 1. The molecule has 0 saturated carbocycles. The number of fused-ring (bicyclic) bond motifs is 2. The fourth-order valence-electron chi connectivity index (χ4n) is 4.61. The molecule has 4 amide bonds. The van der Waals surface area contributed by atoms with Crippen molar-refractivity contribution < 1.29 is 28.7 Å². The molecular weight excluding hydrogens is 476 g/mol. The number of likely N-dealkylation sites (N-methyl/N-ethyl adjacent to an activating group) is 1. The molecular formula is C27H26N4O6. The molecule has 0 bridgehead atoms. The maximum Gasteiger partial charge on any atom is 0.271 e. The summed E-state index contributed by atoms with van der Waals surface area (Å²) in [4.78, 5) is 55.0. The van der Waals surface area contributed by atoms with E-state index in [0.29, 0.717) is 43.3 Å². The molecule has 3 aliphatic heterocycles. The van der Waals surface area contributed by atoms with Crippen LogP contribution in [-0.4, -0.2) is 73.4 Å². The van der Waals surface area contributed by atoms with Crippen LogP contribution in [0.4, 0.5) is 5.69 Å². The minimum Gasteiger partial charge on any atom is -0.482 e. The number of anilines is 1. The maximum atomic E-state index is 13.2. The van der Waals surface area contributed by atoms with Crippen LogP contribution in [0.25, 0.3) is 11.1 Å². The number of ether oxygens (including phenoxy) is 2. The van der Waals surface area contributed by atoms with Crippen LogP contribution in [0.2, 0.25) is 0 Å². The lowest BCUT2D eigenvalue weighted by atomic mass is 9.96. The quantitative estimate of drug-likeness (QED) is 0.624. The molecule has 10 nitrogen and oxygen atoms in total. The lowest BCUT2D eigenvalue weighted by Gasteiger charge is -2.27. The predicted octanol–water partition coefficient (Wildman–Crippen LogP) is 1.67. The average Bonchev–Trinajstić information content (AvgIpc) is 3.26. The number of rotatable bonds is 5. The van der Waals surface area contributed by atoms with Gasteiger partial charge in [-0.25, -0.2) is 0 Å². The molecule has 2 aromatic carbocycles. The maximum absolute atomic E-state index is 13.2. The molecule has 0 unspecified atom stereocenters. The van der Waals surface area contributed by atoms with Crippen molar-refractivity contribution in [1.29, 1.82) is 0 Å². The standard InChI is InChI=1S/C27H26N4O6/c1-16(26(34)30-9-11-36-12-10-30)28-25(33)17(2)31-14-21-19(5-4-6-20(21)27(31)35)18-7-8-22-23(13-18)37-15-24(32)29(22)3/h4-8,13H,1-2,9-12,14-15H2,3H3,(H,28,33). The first-order chi connectivity index (χ1) is 17.8. The van der Waals surface area contributed by atoms with Gasteiger partial charge in [0.25, 0.3) is 23.6 Å². The molecule has 1 N–H and O–H groups in total. The van der Waals surface area contributed by atoms with Gasteiger partial charge < -0.3 is 24.6 Å². The lowest BCUT2D eigenvalue weighted by molar-refractivity contribution is -0.132. The molecule has 0 aromatic heterocycles. The minimum atomic E-state index is -0.677. The molecule has 190 valence electrons. The number of morpholine rings is 1. The van der Waals surface area contributed by atoms with Gasteiger partial charge in [-0.15, -0.1) is 0 Å². The molecule has 0 atom stereocenters. The SMILES string of the molecule is C=C(NC(=O)C(=C)N1Cc2c(cccc2-c2ccc3c(c2)OCC(=O)N3C)C1=O)C(=O)N1CCOCC1. The Morgan fingerprint density at radius 1 is 1.03 bits per heavy atom. The van der Waals surface area contributed by atoms with E-state index in [1.165, 1.54) is 4.90 Å². The number of amides is 4. The van der Waals surface area contributed by atoms with Gasteiger partial charge in [0.1, 0.15) is 11.4 Å². The molecule has 1 saturated heterocycles. The van der Waals surface area contributed by atoms with Crippen LogP contribution >= 0.6 is 0 Å². The Morgan fingerprint density at radius 2 is 1.76 bits per heavy atom. The average molecular weight is 503 g/mol. The second-order valence-electron chi connectivity index (χ2n) is 8.93. The monoisotopic (exact) mass is 502 g/mol. The van der Waals surface area contributed by atoms with E-state index in [9.17, 15) is 19.2 Å². The third kappa shape index (κ3) is 4.36. The molecule has 3 heterocycles. The van der Waals surface area contributed by atoms with Crippen LogP contribution in [0, 0.1) is 0 Å². The van der Waals surface area contributed by atoms with Crippen molar-refractivity contribution in [1.82, 2.24) is 15.1 Å². The van der Waals surface area contributed by atoms with Crippen LogP contribution in [-0.2, 0) is 25.7 Å². The van der Waals surface area contributed by atoms with E-state index in [-0.39, 0.29) is 36.4 Å². The fourth-order valence-corrected chi connectivity index (χ4v) is 4.61. The summed E-state index contributed by atoms with van der Waals surface area (Å²) in [5.41, 5.74) is 3.31. The third-order valence-corrected chi connectivity index (χ3v) is 6.73. The number of carbonyl (C=O) groups is 4. The van der Waals surface area contributed by atoms with E-state index < -0.39 is 11.8 Å². The number of nitrogens with zero attached hydrogens (tertiary/aromatic N) is 3. The van der Waals surface area contributed by atoms with Gasteiger partial charge in [0, 0.05) is 25.7 Å². The van der Waals surface area contributed by atoms with Gasteiger partial charge in [-0.2, -0.15) is 0 Å². The normalized spacial score (nSPS) is 16.6. The van der Waals surface area contributed by atoms with Crippen LogP contribution in [0.3, 0.4) is 0 Å². The van der Waals surface area contributed by atoms with E-state index in [0.717, 1.165) is 16.7 Å². The molecule has 5 rings (SSSR count). The topological polar surface area (TPSA) is 108 Å². The Labute approximate surface area is 213 Å². The summed E-state index contributed by atoms with van der Waals surface area (Å²) < 4.78 is 10.9. The summed E-state index contributed by atoms with van der Waals surface area (Å²) in [6.07, 6.45) is 0. The number of hydrogen-bond donors (Lipinski definition) is 1. The van der Waals surface area contributed by atoms with Crippen LogP contribution < -0.4 is 15.0 Å². The van der Waals surface area contributed by atoms with Gasteiger partial charge in [0.15, 0.2) is 6.61 Å². The molecule has 0 radical (unpaired) electrons. The van der Waals surface area contributed by atoms with Crippen molar-refractivity contribution in [3.05, 3.63) is 72.1 Å². The Hall–Kier alpha value is -4.44. The highest BCUT2D eigenvalue weighted by molar-refractivity contribution is 6.08. The largest absolute Gasteiger partial charge is 0.482 e. The van der Waals surface area contributed by atoms with E-state index in [2.05, 4.69) is 18.5 Å². The van der Waals surface area contributed by atoms with E-state index in [1.807, 2.05) is 18.2 Å². The van der Waals surface area contributed by atoms with Gasteiger partial charge in [-0.05, 0) is 34.9 Å². The van der Waals surface area contributed by atoms with Crippen molar-refractivity contribution in [2.45, 2.75) is 6.54 Å². The summed E-state index contributed by atoms with van der Waals surface area (Å²) in [7, 11) is 1.69. The molecule has 1 fully saturated rings. The van der Waals surface area contributed by atoms with Crippen molar-refractivity contribution in [3.8, 4) is 16.9 Å².